The van der Waals surface area contributed by atoms with E-state index in [-0.39, 0.29) is 31.9 Å². The molecule has 0 saturated carbocycles. The van der Waals surface area contributed by atoms with Crippen molar-refractivity contribution >= 4 is 68.4 Å². The molecule has 3 aliphatic rings. The Bertz CT molecular complexity index is 1910. The molecule has 46 heavy (non-hydrogen) atoms. The van der Waals surface area contributed by atoms with Gasteiger partial charge in [-0.3, -0.25) is 18.3 Å². The fraction of sp³-hybridized carbons (Fsp3) is 0.524. The smallest absolute Gasteiger partial charge is 0.268 e. The van der Waals surface area contributed by atoms with Crippen LogP contribution in [0.2, 0.25) is 0 Å². The molecular weight excluding hydrogens is 696 g/mol. The maximum absolute atomic E-state index is 13.0. The number of nitrogen functional groups attached to an aromatic ring is 1. The summed E-state index contributed by atoms with van der Waals surface area (Å²) in [6.07, 6.45) is -10.2. The lowest BCUT2D eigenvalue weighted by Crippen LogP contribution is -2.41. The molecule has 248 valence electrons. The van der Waals surface area contributed by atoms with Crippen molar-refractivity contribution in [1.29, 1.82) is 0 Å². The van der Waals surface area contributed by atoms with Gasteiger partial charge in [0.1, 0.15) is 64.8 Å². The number of hydrogen-bond donors (Lipinski definition) is 5. The average molecular weight is 720 g/mol. The molecule has 0 radical (unpaired) electrons. The number of nitrogens with zero attached hydrogens (tertiary/aromatic N) is 6. The first kappa shape index (κ1) is 32.0. The summed E-state index contributed by atoms with van der Waals surface area (Å²) in [4.78, 5) is 48.0. The molecule has 10 atom stereocenters. The number of rotatable bonds is 2. The fourth-order valence-corrected chi connectivity index (χ4v) is 7.93. The number of fused-ring (bicyclic) bond motifs is 4. The monoisotopic (exact) mass is 719 g/mol. The van der Waals surface area contributed by atoms with Crippen LogP contribution in [0.1, 0.15) is 18.3 Å². The van der Waals surface area contributed by atoms with Crippen molar-refractivity contribution in [2.75, 3.05) is 18.9 Å². The van der Waals surface area contributed by atoms with Crippen LogP contribution in [0, 0.1) is 16.2 Å². The van der Waals surface area contributed by atoms with Crippen LogP contribution in [0.25, 0.3) is 22.3 Å². The van der Waals surface area contributed by atoms with Crippen LogP contribution in [0.4, 0.5) is 5.95 Å². The number of H-pyrrole nitrogens is 2. The van der Waals surface area contributed by atoms with Crippen molar-refractivity contribution in [3.63, 3.8) is 0 Å². The van der Waals surface area contributed by atoms with Gasteiger partial charge in [0.05, 0.1) is 25.9 Å². The van der Waals surface area contributed by atoms with Crippen LogP contribution >= 0.6 is 40.1 Å². The van der Waals surface area contributed by atoms with Crippen LogP contribution < -0.4 is 15.5 Å². The number of aliphatic hydroxyl groups excluding tert-OH is 2. The largest absolute Gasteiger partial charge is 0.756 e. The standard InChI is InChI=1S/C21H25N9O12P2S2/c1-6-25-15-9(17(45)26-6)23-4-29(15)19-11(31)13-7(39-19)2-37-44(35,36)42-14-8(3-38-43(33,34)41-13)40-20(12(14)32)30-5-24-10-16(30)27-21(22)28-18(10)46/h4-5,7-8,11-14,19-20,31-32H,2-3H2,1H3,(H,33,34)(H,35,36)(H,25,26,45)(H3,22,27,28,46)/p-2/t7-,8-,11+,12?,13?,14+,19-,20-/m1/s1. The van der Waals surface area contributed by atoms with E-state index >= 15 is 0 Å². The van der Waals surface area contributed by atoms with Gasteiger partial charge in [-0.05, 0) is 6.92 Å². The third-order valence-corrected chi connectivity index (χ3v) is 10.00. The highest BCUT2D eigenvalue weighted by molar-refractivity contribution is 7.71. The van der Waals surface area contributed by atoms with Gasteiger partial charge in [-0.25, -0.2) is 19.9 Å². The molecule has 3 fully saturated rings. The predicted octanol–water partition coefficient (Wildman–Crippen LogP) is -0.847. The first-order valence-electron chi connectivity index (χ1n) is 13.3. The Morgan fingerprint density at radius 3 is 1.83 bits per heavy atom. The molecule has 7 heterocycles. The highest BCUT2D eigenvalue weighted by Gasteiger charge is 2.51. The summed E-state index contributed by atoms with van der Waals surface area (Å²) in [6.45, 7) is -0.106. The SMILES string of the molecule is Cc1nc(=S)c2ncn([C@@H]3O[C@@H]4COP(=O)([O-])O[C@@H]5C(O)[C@H](n6cnc7c(=S)nc(N)[nH]c76)O[C@@H]5COP(=O)([O-])OC4[C@@H]3O)c2[nH]1. The molecule has 0 bridgehead atoms. The van der Waals surface area contributed by atoms with Gasteiger partial charge in [0.15, 0.2) is 27.7 Å². The van der Waals surface area contributed by atoms with Crippen molar-refractivity contribution < 1.29 is 56.7 Å². The number of imidazole rings is 2. The zero-order valence-corrected chi connectivity index (χ0v) is 26.6. The second-order valence-corrected chi connectivity index (χ2v) is 14.0. The Morgan fingerprint density at radius 1 is 0.870 bits per heavy atom. The van der Waals surface area contributed by atoms with Gasteiger partial charge in [-0.2, -0.15) is 0 Å². The fourth-order valence-electron chi connectivity index (χ4n) is 5.50. The molecular formula is C21H23N9O12P2S2-2. The van der Waals surface area contributed by atoms with E-state index < -0.39 is 77.9 Å². The van der Waals surface area contributed by atoms with E-state index in [1.165, 1.54) is 21.8 Å². The molecule has 7 rings (SSSR count). The van der Waals surface area contributed by atoms with Crippen LogP contribution in [0.15, 0.2) is 12.7 Å². The lowest BCUT2D eigenvalue weighted by molar-refractivity contribution is -0.244. The van der Waals surface area contributed by atoms with Crippen LogP contribution in [-0.2, 0) is 36.7 Å². The zero-order valence-electron chi connectivity index (χ0n) is 23.1. The minimum atomic E-state index is -5.28. The van der Waals surface area contributed by atoms with Crippen molar-refractivity contribution in [1.82, 2.24) is 39.0 Å². The van der Waals surface area contributed by atoms with Crippen LogP contribution in [0.3, 0.4) is 0 Å². The lowest BCUT2D eigenvalue weighted by atomic mass is 10.1. The topological polar surface area (TPSA) is 295 Å². The highest BCUT2D eigenvalue weighted by atomic mass is 32.1. The summed E-state index contributed by atoms with van der Waals surface area (Å²) in [7, 11) is -10.6. The number of nitrogens with one attached hydrogen (secondary N) is 2. The van der Waals surface area contributed by atoms with E-state index in [1.54, 1.807) is 6.92 Å². The number of ether oxygens (including phenoxy) is 2. The molecule has 0 aliphatic carbocycles. The zero-order chi connectivity index (χ0) is 32.7. The number of aryl methyl sites for hydroxylation is 1. The number of aromatic amines is 2. The summed E-state index contributed by atoms with van der Waals surface area (Å²) < 4.78 is 61.0. The number of phosphoric ester groups is 2. The molecule has 3 saturated heterocycles. The third kappa shape index (κ3) is 5.65. The summed E-state index contributed by atoms with van der Waals surface area (Å²) in [6, 6.07) is 0. The molecule has 4 aromatic heterocycles. The van der Waals surface area contributed by atoms with Crippen molar-refractivity contribution in [3.05, 3.63) is 27.8 Å². The highest BCUT2D eigenvalue weighted by Crippen LogP contribution is 2.50. The minimum Gasteiger partial charge on any atom is -0.756 e. The summed E-state index contributed by atoms with van der Waals surface area (Å²) >= 11 is 10.4. The van der Waals surface area contributed by atoms with Crippen LogP contribution in [0.5, 0.6) is 0 Å². The molecule has 6 N–H and O–H groups in total. The quantitative estimate of drug-likeness (QED) is 0.124. The Hall–Kier alpha value is -2.60. The van der Waals surface area contributed by atoms with E-state index in [1.807, 2.05) is 0 Å². The van der Waals surface area contributed by atoms with Gasteiger partial charge in [0.2, 0.25) is 0 Å². The van der Waals surface area contributed by atoms with Gasteiger partial charge in [-0.1, -0.05) is 24.4 Å². The van der Waals surface area contributed by atoms with Gasteiger partial charge < -0.3 is 63.3 Å². The van der Waals surface area contributed by atoms with Gasteiger partial charge in [0, 0.05) is 0 Å². The maximum Gasteiger partial charge on any atom is 0.268 e. The molecule has 4 unspecified atom stereocenters. The predicted molar refractivity (Wildman–Crippen MR) is 151 cm³/mol. The molecule has 21 nitrogen and oxygen atoms in total. The normalized spacial score (nSPS) is 37.2. The summed E-state index contributed by atoms with van der Waals surface area (Å²) in [5.41, 5.74) is 6.68. The number of hydrogen-bond acceptors (Lipinski definition) is 19. The van der Waals surface area contributed by atoms with Crippen molar-refractivity contribution in [2.24, 2.45) is 0 Å². The first-order valence-corrected chi connectivity index (χ1v) is 17.1. The molecule has 0 aromatic carbocycles. The Kier molecular flexibility index (Phi) is 8.01. The molecule has 3 aliphatic heterocycles. The maximum atomic E-state index is 13.0. The van der Waals surface area contributed by atoms with Gasteiger partial charge in [-0.15, -0.1) is 0 Å². The van der Waals surface area contributed by atoms with E-state index in [9.17, 15) is 29.1 Å². The Labute approximate surface area is 266 Å². The second-order valence-electron chi connectivity index (χ2n) is 10.5. The van der Waals surface area contributed by atoms with E-state index in [4.69, 9.17) is 57.7 Å². The number of anilines is 1. The summed E-state index contributed by atoms with van der Waals surface area (Å²) in [5.74, 6) is 0.344. The number of aliphatic hydroxyl groups is 2. The summed E-state index contributed by atoms with van der Waals surface area (Å²) in [5, 5.41) is 22.3. The first-order chi connectivity index (χ1) is 21.7. The van der Waals surface area contributed by atoms with E-state index in [2.05, 4.69) is 29.9 Å². The van der Waals surface area contributed by atoms with Gasteiger partial charge in [0.25, 0.3) is 15.6 Å². The van der Waals surface area contributed by atoms with Gasteiger partial charge >= 0.3 is 0 Å². The Balaban J connectivity index is 1.18. The van der Waals surface area contributed by atoms with Crippen molar-refractivity contribution in [2.45, 2.75) is 56.0 Å². The minimum absolute atomic E-state index is 0.0410. The number of nitrogens with two attached hydrogens (primary N) is 1. The number of phosphoric acid groups is 2. The van der Waals surface area contributed by atoms with Crippen LogP contribution in [-0.4, -0.2) is 99.1 Å². The lowest BCUT2D eigenvalue weighted by Gasteiger charge is -2.34. The van der Waals surface area contributed by atoms with E-state index in [0.717, 1.165) is 0 Å². The molecule has 0 spiro atoms. The average Bonchev–Trinajstić information content (AvgIpc) is 3.72. The number of aromatic nitrogens is 8. The molecule has 0 amide bonds. The van der Waals surface area contributed by atoms with E-state index in [0.29, 0.717) is 11.5 Å². The Morgan fingerprint density at radius 2 is 1.33 bits per heavy atom. The third-order valence-electron chi connectivity index (χ3n) is 7.49. The molecule has 4 aromatic rings. The van der Waals surface area contributed by atoms with Crippen molar-refractivity contribution in [3.8, 4) is 0 Å². The molecule has 25 heteroatoms. The second kappa shape index (κ2) is 11.5.